The van der Waals surface area contributed by atoms with E-state index in [1.54, 1.807) is 47.4 Å². The number of carbonyl (C=O) groups is 2. The number of carbonyl (C=O) groups excluding carboxylic acids is 2. The van der Waals surface area contributed by atoms with E-state index < -0.39 is 28.5 Å². The van der Waals surface area contributed by atoms with Crippen molar-refractivity contribution in [2.75, 3.05) is 10.8 Å². The topological polar surface area (TPSA) is 86.8 Å². The van der Waals surface area contributed by atoms with Crippen LogP contribution in [0, 0.1) is 20.8 Å². The molecule has 0 radical (unpaired) electrons. The van der Waals surface area contributed by atoms with Gasteiger partial charge in [-0.25, -0.2) is 8.42 Å². The molecule has 2 amide bonds. The highest BCUT2D eigenvalue weighted by molar-refractivity contribution is 7.92. The molecule has 1 aliphatic rings. The van der Waals surface area contributed by atoms with Gasteiger partial charge in [-0.15, -0.1) is 0 Å². The third-order valence-electron chi connectivity index (χ3n) is 8.59. The fraction of sp³-hybridized carbons (Fsp3) is 0.316. The van der Waals surface area contributed by atoms with Crippen molar-refractivity contribution in [3.05, 3.63) is 131 Å². The van der Waals surface area contributed by atoms with Gasteiger partial charge >= 0.3 is 0 Å². The van der Waals surface area contributed by atoms with Crippen molar-refractivity contribution in [3.63, 3.8) is 0 Å². The Kier molecular flexibility index (Phi) is 10.6. The number of anilines is 1. The van der Waals surface area contributed by atoms with Crippen LogP contribution in [0.5, 0.6) is 0 Å². The minimum absolute atomic E-state index is 0.0624. The van der Waals surface area contributed by atoms with E-state index in [-0.39, 0.29) is 23.4 Å². The van der Waals surface area contributed by atoms with Gasteiger partial charge in [0.15, 0.2) is 0 Å². The summed E-state index contributed by atoms with van der Waals surface area (Å²) in [5.41, 5.74) is 4.99. The van der Waals surface area contributed by atoms with Gasteiger partial charge in [-0.1, -0.05) is 103 Å². The van der Waals surface area contributed by atoms with Crippen LogP contribution in [0.25, 0.3) is 0 Å². The summed E-state index contributed by atoms with van der Waals surface area (Å²) in [5, 5.41) is 3.22. The minimum Gasteiger partial charge on any atom is -0.352 e. The highest BCUT2D eigenvalue weighted by Gasteiger charge is 2.35. The van der Waals surface area contributed by atoms with E-state index in [0.29, 0.717) is 12.1 Å². The van der Waals surface area contributed by atoms with Crippen LogP contribution >= 0.6 is 0 Å². The molecular weight excluding hydrogens is 595 g/mol. The molecular formula is C38H43N3O4S. The molecule has 1 saturated carbocycles. The number of nitrogens with one attached hydrogen (secondary N) is 1. The molecule has 1 N–H and O–H groups in total. The lowest BCUT2D eigenvalue weighted by Crippen LogP contribution is -2.54. The van der Waals surface area contributed by atoms with Gasteiger partial charge in [0.25, 0.3) is 10.0 Å². The van der Waals surface area contributed by atoms with E-state index in [9.17, 15) is 18.0 Å². The van der Waals surface area contributed by atoms with Crippen LogP contribution in [0.3, 0.4) is 0 Å². The van der Waals surface area contributed by atoms with Crippen molar-refractivity contribution < 1.29 is 18.0 Å². The second-order valence-corrected chi connectivity index (χ2v) is 14.2. The normalized spacial score (nSPS) is 14.1. The number of nitrogens with zero attached hydrogens (tertiary/aromatic N) is 2. The van der Waals surface area contributed by atoms with E-state index in [4.69, 9.17) is 0 Å². The highest BCUT2D eigenvalue weighted by Crippen LogP contribution is 2.27. The lowest BCUT2D eigenvalue weighted by Gasteiger charge is -2.34. The van der Waals surface area contributed by atoms with Gasteiger partial charge in [-0.3, -0.25) is 13.9 Å². The summed E-state index contributed by atoms with van der Waals surface area (Å²) in [6, 6.07) is 30.5. The predicted octanol–water partition coefficient (Wildman–Crippen LogP) is 6.51. The SMILES string of the molecule is Cc1ccc(S(=O)(=O)N(CC(=O)N(Cc2cccc(C)c2)C(Cc2ccccc2)C(=O)NC2CCCC2)c2cccc(C)c2)cc1. The first-order valence-electron chi connectivity index (χ1n) is 16.0. The third-order valence-corrected chi connectivity index (χ3v) is 10.4. The Morgan fingerprint density at radius 2 is 1.39 bits per heavy atom. The van der Waals surface area contributed by atoms with E-state index in [1.807, 2.05) is 81.4 Å². The Bertz CT molecular complexity index is 1750. The van der Waals surface area contributed by atoms with Crippen molar-refractivity contribution in [3.8, 4) is 0 Å². The third kappa shape index (κ3) is 8.23. The zero-order valence-electron chi connectivity index (χ0n) is 26.9. The van der Waals surface area contributed by atoms with Crippen LogP contribution in [-0.4, -0.2) is 43.8 Å². The number of benzene rings is 4. The van der Waals surface area contributed by atoms with Crippen LogP contribution < -0.4 is 9.62 Å². The fourth-order valence-electron chi connectivity index (χ4n) is 6.08. The monoisotopic (exact) mass is 637 g/mol. The molecule has 1 fully saturated rings. The van der Waals surface area contributed by atoms with Gasteiger partial charge in [-0.05, 0) is 74.6 Å². The standard InChI is InChI=1S/C38H43N3O4S/c1-28-19-21-35(22-20-28)46(44,45)41(34-18-10-12-30(3)24-34)27-37(42)40(26-32-15-9-11-29(2)23-32)36(25-31-13-5-4-6-14-31)38(43)39-33-16-7-8-17-33/h4-6,9-15,18-24,33,36H,7-8,16-17,25-27H2,1-3H3,(H,39,43). The Morgan fingerprint density at radius 3 is 2.04 bits per heavy atom. The van der Waals surface area contributed by atoms with Crippen LogP contribution in [0.4, 0.5) is 5.69 Å². The Hall–Kier alpha value is -4.43. The van der Waals surface area contributed by atoms with Crippen LogP contribution in [-0.2, 0) is 32.6 Å². The smallest absolute Gasteiger partial charge is 0.264 e. The van der Waals surface area contributed by atoms with Gasteiger partial charge in [-0.2, -0.15) is 0 Å². The van der Waals surface area contributed by atoms with Crippen molar-refractivity contribution in [2.45, 2.75) is 76.4 Å². The van der Waals surface area contributed by atoms with Crippen molar-refractivity contribution in [2.24, 2.45) is 0 Å². The summed E-state index contributed by atoms with van der Waals surface area (Å²) in [6.07, 6.45) is 4.23. The van der Waals surface area contributed by atoms with E-state index in [0.717, 1.165) is 53.5 Å². The summed E-state index contributed by atoms with van der Waals surface area (Å²) in [7, 11) is -4.13. The lowest BCUT2D eigenvalue weighted by molar-refractivity contribution is -0.140. The molecule has 1 unspecified atom stereocenters. The molecule has 0 aromatic heterocycles. The number of sulfonamides is 1. The lowest BCUT2D eigenvalue weighted by atomic mass is 10.0. The molecule has 0 spiro atoms. The van der Waals surface area contributed by atoms with E-state index in [1.165, 1.54) is 4.31 Å². The number of hydrogen-bond donors (Lipinski definition) is 1. The summed E-state index contributed by atoms with van der Waals surface area (Å²) in [5.74, 6) is -0.679. The average Bonchev–Trinajstić information content (AvgIpc) is 3.55. The quantitative estimate of drug-likeness (QED) is 0.192. The zero-order valence-corrected chi connectivity index (χ0v) is 27.7. The largest absolute Gasteiger partial charge is 0.352 e. The Balaban J connectivity index is 1.57. The van der Waals surface area contributed by atoms with Crippen LogP contribution in [0.15, 0.2) is 108 Å². The molecule has 4 aromatic carbocycles. The van der Waals surface area contributed by atoms with Crippen molar-refractivity contribution in [1.82, 2.24) is 10.2 Å². The van der Waals surface area contributed by atoms with Crippen molar-refractivity contribution >= 4 is 27.5 Å². The number of amides is 2. The van der Waals surface area contributed by atoms with Gasteiger partial charge in [0.2, 0.25) is 11.8 Å². The maximum atomic E-state index is 14.6. The highest BCUT2D eigenvalue weighted by atomic mass is 32.2. The first kappa shape index (κ1) is 32.9. The van der Waals surface area contributed by atoms with Crippen molar-refractivity contribution in [1.29, 1.82) is 0 Å². The van der Waals surface area contributed by atoms with Gasteiger partial charge < -0.3 is 10.2 Å². The molecule has 7 nitrogen and oxygen atoms in total. The summed E-state index contributed by atoms with van der Waals surface area (Å²) < 4.78 is 29.6. The molecule has 0 aliphatic heterocycles. The molecule has 0 heterocycles. The maximum absolute atomic E-state index is 14.6. The average molecular weight is 638 g/mol. The summed E-state index contributed by atoms with van der Waals surface area (Å²) in [6.45, 7) is 5.45. The molecule has 5 rings (SSSR count). The Labute approximate surface area is 273 Å². The second kappa shape index (κ2) is 14.8. The Morgan fingerprint density at radius 1 is 0.761 bits per heavy atom. The minimum atomic E-state index is -4.13. The first-order chi connectivity index (χ1) is 22.1. The van der Waals surface area contributed by atoms with E-state index in [2.05, 4.69) is 5.32 Å². The zero-order chi connectivity index (χ0) is 32.7. The second-order valence-electron chi connectivity index (χ2n) is 12.4. The molecule has 0 saturated heterocycles. The van der Waals surface area contributed by atoms with Crippen LogP contribution in [0.2, 0.25) is 0 Å². The van der Waals surface area contributed by atoms with Gasteiger partial charge in [0, 0.05) is 19.0 Å². The number of aryl methyl sites for hydroxylation is 3. The van der Waals surface area contributed by atoms with Crippen LogP contribution in [0.1, 0.15) is 53.5 Å². The van der Waals surface area contributed by atoms with Gasteiger partial charge in [0.05, 0.1) is 10.6 Å². The number of rotatable bonds is 12. The fourth-order valence-corrected chi connectivity index (χ4v) is 7.48. The maximum Gasteiger partial charge on any atom is 0.264 e. The van der Waals surface area contributed by atoms with E-state index >= 15 is 0 Å². The molecule has 4 aromatic rings. The molecule has 0 bridgehead atoms. The first-order valence-corrected chi connectivity index (χ1v) is 17.4. The number of hydrogen-bond acceptors (Lipinski definition) is 4. The molecule has 46 heavy (non-hydrogen) atoms. The summed E-state index contributed by atoms with van der Waals surface area (Å²) in [4.78, 5) is 30.4. The molecule has 8 heteroatoms. The molecule has 240 valence electrons. The predicted molar refractivity (Wildman–Crippen MR) is 183 cm³/mol. The molecule has 1 aliphatic carbocycles. The van der Waals surface area contributed by atoms with Gasteiger partial charge in [0.1, 0.15) is 12.6 Å². The summed E-state index contributed by atoms with van der Waals surface area (Å²) >= 11 is 0. The molecule has 1 atom stereocenters.